The second-order valence-corrected chi connectivity index (χ2v) is 7.90. The van der Waals surface area contributed by atoms with Crippen LogP contribution in [0.4, 0.5) is 10.8 Å². The first kappa shape index (κ1) is 15.3. The lowest BCUT2D eigenvalue weighted by atomic mass is 10.3. The fourth-order valence-corrected chi connectivity index (χ4v) is 4.08. The average molecular weight is 376 g/mol. The molecular weight excluding hydrogens is 362 g/mol. The van der Waals surface area contributed by atoms with Crippen molar-refractivity contribution in [2.24, 2.45) is 0 Å². The van der Waals surface area contributed by atoms with E-state index in [0.29, 0.717) is 15.3 Å². The van der Waals surface area contributed by atoms with Crippen molar-refractivity contribution < 1.29 is 8.42 Å². The molecule has 0 fully saturated rings. The van der Waals surface area contributed by atoms with Gasteiger partial charge in [-0.2, -0.15) is 0 Å². The Kier molecular flexibility index (Phi) is 4.36. The molecule has 1 aromatic heterocycles. The number of aromatic nitrogens is 1. The van der Waals surface area contributed by atoms with E-state index >= 15 is 0 Å². The van der Waals surface area contributed by atoms with Crippen LogP contribution in [0, 0.1) is 6.92 Å². The minimum Gasteiger partial charge on any atom is -0.398 e. The smallest absolute Gasteiger partial charge is 0.263 e. The van der Waals surface area contributed by atoms with Crippen LogP contribution in [0.5, 0.6) is 0 Å². The predicted molar refractivity (Wildman–Crippen MR) is 85.6 cm³/mol. The summed E-state index contributed by atoms with van der Waals surface area (Å²) in [6, 6.07) is 4.51. The van der Waals surface area contributed by atoms with Crippen LogP contribution in [0.1, 0.15) is 17.5 Å². The molecule has 0 amide bonds. The first-order chi connectivity index (χ1) is 9.33. The van der Waals surface area contributed by atoms with Gasteiger partial charge in [0, 0.05) is 15.0 Å². The van der Waals surface area contributed by atoms with Crippen molar-refractivity contribution >= 4 is 48.1 Å². The summed E-state index contributed by atoms with van der Waals surface area (Å²) in [5.41, 5.74) is 6.99. The van der Waals surface area contributed by atoms with Gasteiger partial charge in [-0.05, 0) is 47.5 Å². The van der Waals surface area contributed by atoms with Crippen LogP contribution in [0.15, 0.2) is 27.6 Å². The van der Waals surface area contributed by atoms with Crippen LogP contribution in [-0.2, 0) is 16.4 Å². The van der Waals surface area contributed by atoms with Gasteiger partial charge in [-0.1, -0.05) is 6.92 Å². The monoisotopic (exact) mass is 375 g/mol. The molecule has 0 aliphatic heterocycles. The zero-order valence-electron chi connectivity index (χ0n) is 11.0. The van der Waals surface area contributed by atoms with E-state index < -0.39 is 10.0 Å². The van der Waals surface area contributed by atoms with Gasteiger partial charge < -0.3 is 5.73 Å². The number of aryl methyl sites for hydroxylation is 2. The van der Waals surface area contributed by atoms with E-state index in [-0.39, 0.29) is 4.90 Å². The molecule has 2 rings (SSSR count). The minimum atomic E-state index is -3.67. The van der Waals surface area contributed by atoms with Crippen molar-refractivity contribution in [2.75, 3.05) is 10.5 Å². The molecule has 8 heteroatoms. The quantitative estimate of drug-likeness (QED) is 0.803. The maximum Gasteiger partial charge on any atom is 0.263 e. The highest BCUT2D eigenvalue weighted by molar-refractivity contribution is 9.10. The lowest BCUT2D eigenvalue weighted by Crippen LogP contribution is -2.13. The van der Waals surface area contributed by atoms with Crippen LogP contribution >= 0.6 is 27.3 Å². The molecule has 3 N–H and O–H groups in total. The van der Waals surface area contributed by atoms with Gasteiger partial charge in [-0.25, -0.2) is 13.4 Å². The molecule has 5 nitrogen and oxygen atoms in total. The van der Waals surface area contributed by atoms with Crippen LogP contribution < -0.4 is 10.5 Å². The Morgan fingerprint density at radius 3 is 2.70 bits per heavy atom. The normalized spacial score (nSPS) is 11.6. The zero-order valence-corrected chi connectivity index (χ0v) is 14.2. The summed E-state index contributed by atoms with van der Waals surface area (Å²) in [6.45, 7) is 3.90. The topological polar surface area (TPSA) is 85.1 Å². The number of halogens is 1. The largest absolute Gasteiger partial charge is 0.398 e. The van der Waals surface area contributed by atoms with Gasteiger partial charge in [0.1, 0.15) is 0 Å². The number of nitrogens with zero attached hydrogens (tertiary/aromatic N) is 1. The standard InChI is InChI=1S/C12H14BrN3O2S2/c1-3-11-7(2)19-12(15-11)16-20(17,18)8-4-5-9(13)10(14)6-8/h4-6H,3,14H2,1-2H3,(H,15,16). The van der Waals surface area contributed by atoms with Gasteiger partial charge in [0.05, 0.1) is 10.6 Å². The summed E-state index contributed by atoms with van der Waals surface area (Å²) >= 11 is 4.56. The number of thiazole rings is 1. The molecule has 0 spiro atoms. The third-order valence-electron chi connectivity index (χ3n) is 2.73. The van der Waals surface area contributed by atoms with Gasteiger partial charge in [0.2, 0.25) is 0 Å². The molecule has 0 saturated carbocycles. The van der Waals surface area contributed by atoms with Crippen molar-refractivity contribution in [2.45, 2.75) is 25.2 Å². The van der Waals surface area contributed by atoms with Crippen molar-refractivity contribution in [3.05, 3.63) is 33.2 Å². The van der Waals surface area contributed by atoms with E-state index in [0.717, 1.165) is 17.0 Å². The first-order valence-electron chi connectivity index (χ1n) is 5.87. The molecule has 0 aliphatic carbocycles. The Labute approximate surface area is 130 Å². The highest BCUT2D eigenvalue weighted by atomic mass is 79.9. The van der Waals surface area contributed by atoms with Crippen molar-refractivity contribution in [3.63, 3.8) is 0 Å². The van der Waals surface area contributed by atoms with Crippen LogP contribution in [0.2, 0.25) is 0 Å². The average Bonchev–Trinajstić information content (AvgIpc) is 2.71. The molecule has 0 bridgehead atoms. The van der Waals surface area contributed by atoms with Crippen molar-refractivity contribution in [1.82, 2.24) is 4.98 Å². The van der Waals surface area contributed by atoms with E-state index in [9.17, 15) is 8.42 Å². The highest BCUT2D eigenvalue weighted by Crippen LogP contribution is 2.27. The third-order valence-corrected chi connectivity index (χ3v) is 5.84. The number of anilines is 2. The SMILES string of the molecule is CCc1nc(NS(=O)(=O)c2ccc(Br)c(N)c2)sc1C. The summed E-state index contributed by atoms with van der Waals surface area (Å²) < 4.78 is 27.7. The van der Waals surface area contributed by atoms with Gasteiger partial charge in [-0.15, -0.1) is 11.3 Å². The fourth-order valence-electron chi connectivity index (χ4n) is 1.66. The zero-order chi connectivity index (χ0) is 14.9. The highest BCUT2D eigenvalue weighted by Gasteiger charge is 2.18. The van der Waals surface area contributed by atoms with E-state index in [1.807, 2.05) is 13.8 Å². The Balaban J connectivity index is 2.32. The van der Waals surface area contributed by atoms with Gasteiger partial charge in [-0.3, -0.25) is 4.72 Å². The van der Waals surface area contributed by atoms with E-state index in [4.69, 9.17) is 5.73 Å². The lowest BCUT2D eigenvalue weighted by Gasteiger charge is -2.06. The number of hydrogen-bond acceptors (Lipinski definition) is 5. The van der Waals surface area contributed by atoms with Gasteiger partial charge in [0.15, 0.2) is 5.13 Å². The Bertz CT molecular complexity index is 741. The van der Waals surface area contributed by atoms with E-state index in [1.54, 1.807) is 6.07 Å². The minimum absolute atomic E-state index is 0.115. The Morgan fingerprint density at radius 1 is 1.45 bits per heavy atom. The van der Waals surface area contributed by atoms with Crippen LogP contribution in [0.25, 0.3) is 0 Å². The maximum absolute atomic E-state index is 12.3. The number of nitrogens with one attached hydrogen (secondary N) is 1. The second kappa shape index (κ2) is 5.71. The van der Waals surface area contributed by atoms with Gasteiger partial charge >= 0.3 is 0 Å². The van der Waals surface area contributed by atoms with E-state index in [2.05, 4.69) is 25.6 Å². The predicted octanol–water partition coefficient (Wildman–Crippen LogP) is 3.16. The summed E-state index contributed by atoms with van der Waals surface area (Å²) in [7, 11) is -3.67. The number of sulfonamides is 1. The third kappa shape index (κ3) is 3.13. The fraction of sp³-hybridized carbons (Fsp3) is 0.250. The molecule has 0 aliphatic rings. The van der Waals surface area contributed by atoms with Crippen LogP contribution in [-0.4, -0.2) is 13.4 Å². The first-order valence-corrected chi connectivity index (χ1v) is 8.97. The number of nitrogens with two attached hydrogens (primary N) is 1. The number of hydrogen-bond donors (Lipinski definition) is 2. The summed E-state index contributed by atoms with van der Waals surface area (Å²) in [4.78, 5) is 5.40. The Hall–Kier alpha value is -1.12. The Morgan fingerprint density at radius 2 is 2.15 bits per heavy atom. The van der Waals surface area contributed by atoms with Crippen LogP contribution in [0.3, 0.4) is 0 Å². The summed E-state index contributed by atoms with van der Waals surface area (Å²) in [5.74, 6) is 0. The number of benzene rings is 1. The second-order valence-electron chi connectivity index (χ2n) is 4.16. The molecular formula is C12H14BrN3O2S2. The van der Waals surface area contributed by atoms with Gasteiger partial charge in [0.25, 0.3) is 10.0 Å². The maximum atomic E-state index is 12.3. The molecule has 0 radical (unpaired) electrons. The molecule has 2 aromatic rings. The molecule has 0 unspecified atom stereocenters. The molecule has 1 aromatic carbocycles. The van der Waals surface area contributed by atoms with Crippen molar-refractivity contribution in [3.8, 4) is 0 Å². The number of nitrogen functional groups attached to an aromatic ring is 1. The lowest BCUT2D eigenvalue weighted by molar-refractivity contribution is 0.601. The molecule has 108 valence electrons. The number of rotatable bonds is 4. The van der Waals surface area contributed by atoms with Crippen molar-refractivity contribution in [1.29, 1.82) is 0 Å². The molecule has 0 atom stereocenters. The summed E-state index contributed by atoms with van der Waals surface area (Å²) in [5, 5.41) is 0.376. The molecule has 20 heavy (non-hydrogen) atoms. The molecule has 1 heterocycles. The van der Waals surface area contributed by atoms with E-state index in [1.165, 1.54) is 23.5 Å². The summed E-state index contributed by atoms with van der Waals surface area (Å²) in [6.07, 6.45) is 0.773. The molecule has 0 saturated heterocycles.